The Balaban J connectivity index is 2.70. The van der Waals surface area contributed by atoms with Gasteiger partial charge in [-0.2, -0.15) is 4.39 Å². The van der Waals surface area contributed by atoms with Crippen molar-refractivity contribution in [1.82, 2.24) is 0 Å². The van der Waals surface area contributed by atoms with Crippen LogP contribution in [-0.2, 0) is 0 Å². The number of likely N-dealkylation sites (tertiary alicyclic amines) is 1. The van der Waals surface area contributed by atoms with Crippen LogP contribution in [0.4, 0.5) is 4.39 Å². The third-order valence-corrected chi connectivity index (χ3v) is 2.77. The second-order valence-corrected chi connectivity index (χ2v) is 3.40. The monoisotopic (exact) mass is 172 g/mol. The molecule has 0 spiro atoms. The van der Waals surface area contributed by atoms with Crippen LogP contribution in [-0.4, -0.2) is 42.1 Å². The number of alkyl halides is 1. The van der Waals surface area contributed by atoms with E-state index >= 15 is 0 Å². The van der Waals surface area contributed by atoms with Gasteiger partial charge in [0.15, 0.2) is 0 Å². The number of quaternary nitrogens is 1. The minimum atomic E-state index is -0.449. The third kappa shape index (κ3) is 1.45. The standard InChI is InChI=1S/C9H15FNO/c1-2-5-11(8-10)6-3-4-9(11)7-12/h1,9,12H,3-8H2/q+1/t9-,11?/m0/s1. The number of hydrogen-bond donors (Lipinski definition) is 1. The lowest BCUT2D eigenvalue weighted by Crippen LogP contribution is -2.52. The quantitative estimate of drug-likeness (QED) is 0.374. The maximum Gasteiger partial charge on any atom is 0.223 e. The molecule has 1 unspecified atom stereocenters. The van der Waals surface area contributed by atoms with E-state index in [0.29, 0.717) is 6.54 Å². The van der Waals surface area contributed by atoms with Gasteiger partial charge < -0.3 is 5.11 Å². The van der Waals surface area contributed by atoms with Crippen LogP contribution in [0, 0.1) is 12.3 Å². The van der Waals surface area contributed by atoms with Crippen LogP contribution >= 0.6 is 0 Å². The van der Waals surface area contributed by atoms with Crippen LogP contribution in [0.5, 0.6) is 0 Å². The maximum atomic E-state index is 12.7. The molecule has 0 aromatic carbocycles. The van der Waals surface area contributed by atoms with Crippen molar-refractivity contribution < 1.29 is 14.0 Å². The Morgan fingerprint density at radius 3 is 2.92 bits per heavy atom. The average Bonchev–Trinajstić information content (AvgIpc) is 2.49. The van der Waals surface area contributed by atoms with Crippen molar-refractivity contribution in [2.45, 2.75) is 18.9 Å². The van der Waals surface area contributed by atoms with Gasteiger partial charge in [0.25, 0.3) is 0 Å². The Kier molecular flexibility index (Phi) is 3.07. The van der Waals surface area contributed by atoms with Crippen LogP contribution in [0.25, 0.3) is 0 Å². The molecule has 0 aliphatic carbocycles. The van der Waals surface area contributed by atoms with E-state index in [2.05, 4.69) is 5.92 Å². The molecule has 1 rings (SSSR count). The number of rotatable bonds is 3. The van der Waals surface area contributed by atoms with Crippen molar-refractivity contribution in [2.24, 2.45) is 0 Å². The number of nitrogens with zero attached hydrogens (tertiary/aromatic N) is 1. The highest BCUT2D eigenvalue weighted by molar-refractivity contribution is 4.85. The molecule has 0 aromatic heterocycles. The molecule has 68 valence electrons. The Hall–Kier alpha value is -0.590. The summed E-state index contributed by atoms with van der Waals surface area (Å²) in [5.74, 6) is 2.49. The molecule has 1 heterocycles. The number of terminal acetylenes is 1. The summed E-state index contributed by atoms with van der Waals surface area (Å²) >= 11 is 0. The maximum absolute atomic E-state index is 12.7. The van der Waals surface area contributed by atoms with E-state index in [1.807, 2.05) is 0 Å². The molecule has 0 aromatic rings. The van der Waals surface area contributed by atoms with E-state index in [4.69, 9.17) is 11.5 Å². The molecule has 1 saturated heterocycles. The van der Waals surface area contributed by atoms with Crippen molar-refractivity contribution in [3.8, 4) is 12.3 Å². The topological polar surface area (TPSA) is 20.2 Å². The van der Waals surface area contributed by atoms with Crippen LogP contribution in [0.3, 0.4) is 0 Å². The molecule has 0 bridgehead atoms. The Morgan fingerprint density at radius 1 is 1.67 bits per heavy atom. The summed E-state index contributed by atoms with van der Waals surface area (Å²) in [6, 6.07) is 0.0195. The molecule has 1 fully saturated rings. The van der Waals surface area contributed by atoms with Gasteiger partial charge in [0, 0.05) is 12.8 Å². The fourth-order valence-electron chi connectivity index (χ4n) is 1.95. The van der Waals surface area contributed by atoms with Gasteiger partial charge >= 0.3 is 0 Å². The normalized spacial score (nSPS) is 34.9. The van der Waals surface area contributed by atoms with Gasteiger partial charge in [-0.1, -0.05) is 0 Å². The van der Waals surface area contributed by atoms with Gasteiger partial charge in [-0.05, 0) is 5.92 Å². The highest BCUT2D eigenvalue weighted by atomic mass is 19.1. The summed E-state index contributed by atoms with van der Waals surface area (Å²) in [4.78, 5) is 0. The minimum Gasteiger partial charge on any atom is -0.390 e. The molecular formula is C9H15FNO+. The van der Waals surface area contributed by atoms with Crippen molar-refractivity contribution in [3.63, 3.8) is 0 Å². The zero-order valence-corrected chi connectivity index (χ0v) is 7.17. The highest BCUT2D eigenvalue weighted by Gasteiger charge is 2.40. The first-order chi connectivity index (χ1) is 5.79. The van der Waals surface area contributed by atoms with E-state index in [1.54, 1.807) is 0 Å². The minimum absolute atomic E-state index is 0.0195. The molecule has 0 amide bonds. The fourth-order valence-corrected chi connectivity index (χ4v) is 1.95. The predicted molar refractivity (Wildman–Crippen MR) is 44.9 cm³/mol. The first-order valence-corrected chi connectivity index (χ1v) is 4.25. The summed E-state index contributed by atoms with van der Waals surface area (Å²) in [5, 5.41) is 9.01. The number of halogens is 1. The Bertz CT molecular complexity index is 189. The molecule has 0 radical (unpaired) electrons. The smallest absolute Gasteiger partial charge is 0.223 e. The van der Waals surface area contributed by atoms with E-state index in [-0.39, 0.29) is 17.1 Å². The van der Waals surface area contributed by atoms with Crippen molar-refractivity contribution in [1.29, 1.82) is 0 Å². The van der Waals surface area contributed by atoms with E-state index < -0.39 is 6.80 Å². The molecule has 1 aliphatic heterocycles. The highest BCUT2D eigenvalue weighted by Crippen LogP contribution is 2.26. The van der Waals surface area contributed by atoms with Gasteiger partial charge in [0.1, 0.15) is 12.6 Å². The number of aliphatic hydroxyl groups excluding tert-OH is 1. The molecule has 12 heavy (non-hydrogen) atoms. The first-order valence-electron chi connectivity index (χ1n) is 4.25. The van der Waals surface area contributed by atoms with Crippen molar-refractivity contribution >= 4 is 0 Å². The summed E-state index contributed by atoms with van der Waals surface area (Å²) in [7, 11) is 0. The second-order valence-electron chi connectivity index (χ2n) is 3.40. The molecule has 1 aliphatic rings. The van der Waals surface area contributed by atoms with Crippen molar-refractivity contribution in [2.75, 3.05) is 26.5 Å². The van der Waals surface area contributed by atoms with Gasteiger partial charge in [0.05, 0.1) is 13.2 Å². The molecule has 0 saturated carbocycles. The number of hydrogen-bond acceptors (Lipinski definition) is 1. The molecular weight excluding hydrogens is 157 g/mol. The van der Waals surface area contributed by atoms with Gasteiger partial charge in [-0.3, -0.25) is 4.48 Å². The van der Waals surface area contributed by atoms with Crippen LogP contribution in [0.1, 0.15) is 12.8 Å². The zero-order valence-electron chi connectivity index (χ0n) is 7.17. The Labute approximate surface area is 72.6 Å². The molecule has 2 nitrogen and oxygen atoms in total. The predicted octanol–water partition coefficient (Wildman–Crippen LogP) is 0.518. The lowest BCUT2D eigenvalue weighted by atomic mass is 10.2. The lowest BCUT2D eigenvalue weighted by molar-refractivity contribution is -0.944. The van der Waals surface area contributed by atoms with Gasteiger partial charge in [-0.15, -0.1) is 6.42 Å². The first kappa shape index (κ1) is 9.50. The van der Waals surface area contributed by atoms with Gasteiger partial charge in [-0.25, -0.2) is 0 Å². The van der Waals surface area contributed by atoms with E-state index in [9.17, 15) is 4.39 Å². The average molecular weight is 172 g/mol. The zero-order chi connectivity index (χ0) is 9.03. The molecule has 1 N–H and O–H groups in total. The van der Waals surface area contributed by atoms with Crippen LogP contribution in [0.15, 0.2) is 0 Å². The summed E-state index contributed by atoms with van der Waals surface area (Å²) in [6.07, 6.45) is 7.03. The fraction of sp³-hybridized carbons (Fsp3) is 0.778. The van der Waals surface area contributed by atoms with E-state index in [1.165, 1.54) is 0 Å². The third-order valence-electron chi connectivity index (χ3n) is 2.77. The van der Waals surface area contributed by atoms with Crippen LogP contribution in [0.2, 0.25) is 0 Å². The SMILES string of the molecule is C#CC[N+]1(CF)CCC[C@H]1CO. The lowest BCUT2D eigenvalue weighted by Gasteiger charge is -2.34. The Morgan fingerprint density at radius 2 is 2.42 bits per heavy atom. The summed E-state index contributed by atoms with van der Waals surface area (Å²) in [6.45, 7) is 0.773. The molecule has 3 heteroatoms. The van der Waals surface area contributed by atoms with E-state index in [0.717, 1.165) is 19.4 Å². The molecule has 2 atom stereocenters. The number of aliphatic hydroxyl groups is 1. The van der Waals surface area contributed by atoms with Crippen LogP contribution < -0.4 is 0 Å². The van der Waals surface area contributed by atoms with Crippen molar-refractivity contribution in [3.05, 3.63) is 0 Å². The largest absolute Gasteiger partial charge is 0.390 e. The second kappa shape index (κ2) is 3.88. The summed E-state index contributed by atoms with van der Waals surface area (Å²) < 4.78 is 13.0. The summed E-state index contributed by atoms with van der Waals surface area (Å²) in [5.41, 5.74) is 0. The van der Waals surface area contributed by atoms with Gasteiger partial charge in [0.2, 0.25) is 6.80 Å².